The highest BCUT2D eigenvalue weighted by molar-refractivity contribution is 5.87. The van der Waals surface area contributed by atoms with Gasteiger partial charge >= 0.3 is 0 Å². The van der Waals surface area contributed by atoms with Crippen LogP contribution in [-0.2, 0) is 16.0 Å². The zero-order valence-corrected chi connectivity index (χ0v) is 14.4. The fraction of sp³-hybridized carbons (Fsp3) is 0.529. The lowest BCUT2D eigenvalue weighted by atomic mass is 10.1. The van der Waals surface area contributed by atoms with Crippen LogP contribution in [0.15, 0.2) is 24.3 Å². The molecule has 1 aromatic carbocycles. The summed E-state index contributed by atoms with van der Waals surface area (Å²) in [4.78, 5) is 26.1. The number of benzene rings is 1. The molecule has 0 saturated carbocycles. The molecule has 1 aromatic rings. The van der Waals surface area contributed by atoms with Crippen LogP contribution in [0.1, 0.15) is 38.2 Å². The number of amides is 2. The number of halogens is 1. The van der Waals surface area contributed by atoms with Crippen molar-refractivity contribution in [1.29, 1.82) is 0 Å². The number of nitrogens with zero attached hydrogens (tertiary/aromatic N) is 1. The molecule has 23 heavy (non-hydrogen) atoms. The first-order valence-corrected chi connectivity index (χ1v) is 7.99. The summed E-state index contributed by atoms with van der Waals surface area (Å²) >= 11 is 0. The number of nitrogens with two attached hydrogens (primary N) is 1. The highest BCUT2D eigenvalue weighted by atomic mass is 35.5. The number of likely N-dealkylation sites (tertiary alicyclic amines) is 1. The molecule has 0 spiro atoms. The molecule has 2 amide bonds. The van der Waals surface area contributed by atoms with Crippen molar-refractivity contribution in [3.63, 3.8) is 0 Å². The molecule has 3 N–H and O–H groups in total. The lowest BCUT2D eigenvalue weighted by Gasteiger charge is -2.29. The van der Waals surface area contributed by atoms with Gasteiger partial charge in [-0.3, -0.25) is 9.59 Å². The van der Waals surface area contributed by atoms with Crippen LogP contribution < -0.4 is 11.1 Å². The molecule has 1 heterocycles. The third kappa shape index (κ3) is 5.75. The van der Waals surface area contributed by atoms with Gasteiger partial charge < -0.3 is 16.0 Å². The predicted molar refractivity (Wildman–Crippen MR) is 94.5 cm³/mol. The summed E-state index contributed by atoms with van der Waals surface area (Å²) in [6.07, 6.45) is 4.22. The molecule has 128 valence electrons. The first-order valence-electron chi connectivity index (χ1n) is 7.99. The normalized spacial score (nSPS) is 15.4. The summed E-state index contributed by atoms with van der Waals surface area (Å²) in [5.41, 5.74) is 7.53. The van der Waals surface area contributed by atoms with Crippen LogP contribution in [0.25, 0.3) is 0 Å². The van der Waals surface area contributed by atoms with Crippen LogP contribution in [0.3, 0.4) is 0 Å². The SMILES string of the molecule is CC(NC(=O)CCc1ccccc1N)C(=O)N1CCCCC1.Cl. The van der Waals surface area contributed by atoms with E-state index < -0.39 is 6.04 Å². The maximum atomic E-state index is 12.3. The summed E-state index contributed by atoms with van der Waals surface area (Å²) in [6, 6.07) is 7.07. The number of hydrogen-bond donors (Lipinski definition) is 2. The molecule has 0 bridgehead atoms. The van der Waals surface area contributed by atoms with Crippen molar-refractivity contribution in [3.05, 3.63) is 29.8 Å². The van der Waals surface area contributed by atoms with E-state index in [-0.39, 0.29) is 24.2 Å². The number of carbonyl (C=O) groups excluding carboxylic acids is 2. The van der Waals surface area contributed by atoms with Crippen LogP contribution in [0.4, 0.5) is 5.69 Å². The van der Waals surface area contributed by atoms with Gasteiger partial charge in [0.2, 0.25) is 11.8 Å². The van der Waals surface area contributed by atoms with E-state index in [1.54, 1.807) is 6.92 Å². The molecule has 0 aromatic heterocycles. The Labute approximate surface area is 144 Å². The lowest BCUT2D eigenvalue weighted by molar-refractivity contribution is -0.136. The Kier molecular flexibility index (Phi) is 7.89. The van der Waals surface area contributed by atoms with E-state index in [1.165, 1.54) is 6.42 Å². The number of para-hydroxylation sites is 1. The summed E-state index contributed by atoms with van der Waals surface area (Å²) < 4.78 is 0. The second-order valence-electron chi connectivity index (χ2n) is 5.87. The molecule has 0 aliphatic carbocycles. The smallest absolute Gasteiger partial charge is 0.244 e. The molecular formula is C17H26ClN3O2. The molecule has 1 atom stereocenters. The van der Waals surface area contributed by atoms with Gasteiger partial charge in [0.15, 0.2) is 0 Å². The third-order valence-corrected chi connectivity index (χ3v) is 4.09. The van der Waals surface area contributed by atoms with Crippen LogP contribution in [-0.4, -0.2) is 35.8 Å². The van der Waals surface area contributed by atoms with Gasteiger partial charge in [-0.25, -0.2) is 0 Å². The maximum absolute atomic E-state index is 12.3. The van der Waals surface area contributed by atoms with Crippen molar-refractivity contribution in [3.8, 4) is 0 Å². The standard InChI is InChI=1S/C17H25N3O2.ClH/c1-13(17(22)20-11-5-2-6-12-20)19-16(21)10-9-14-7-3-4-8-15(14)18;/h3-4,7-8,13H,2,5-6,9-12,18H2,1H3,(H,19,21);1H. The van der Waals surface area contributed by atoms with Crippen molar-refractivity contribution in [2.24, 2.45) is 0 Å². The number of piperidine rings is 1. The molecule has 1 aliphatic rings. The number of carbonyl (C=O) groups is 2. The van der Waals surface area contributed by atoms with Crippen molar-refractivity contribution in [2.75, 3.05) is 18.8 Å². The van der Waals surface area contributed by atoms with Gasteiger partial charge in [-0.1, -0.05) is 18.2 Å². The first-order chi connectivity index (χ1) is 10.6. The van der Waals surface area contributed by atoms with Gasteiger partial charge in [-0.15, -0.1) is 12.4 Å². The number of aryl methyl sites for hydroxylation is 1. The van der Waals surface area contributed by atoms with Gasteiger partial charge in [0.25, 0.3) is 0 Å². The van der Waals surface area contributed by atoms with E-state index in [2.05, 4.69) is 5.32 Å². The fourth-order valence-corrected chi connectivity index (χ4v) is 2.77. The molecule has 6 heteroatoms. The second-order valence-corrected chi connectivity index (χ2v) is 5.87. The molecule has 1 unspecified atom stereocenters. The Morgan fingerprint density at radius 2 is 1.87 bits per heavy atom. The summed E-state index contributed by atoms with van der Waals surface area (Å²) in [6.45, 7) is 3.37. The lowest BCUT2D eigenvalue weighted by Crippen LogP contribution is -2.48. The number of hydrogen-bond acceptors (Lipinski definition) is 3. The fourth-order valence-electron chi connectivity index (χ4n) is 2.77. The summed E-state index contributed by atoms with van der Waals surface area (Å²) in [7, 11) is 0. The maximum Gasteiger partial charge on any atom is 0.244 e. The topological polar surface area (TPSA) is 75.4 Å². The Morgan fingerprint density at radius 3 is 2.52 bits per heavy atom. The van der Waals surface area contributed by atoms with Crippen molar-refractivity contribution in [1.82, 2.24) is 10.2 Å². The average molecular weight is 340 g/mol. The van der Waals surface area contributed by atoms with E-state index in [0.717, 1.165) is 31.5 Å². The largest absolute Gasteiger partial charge is 0.399 e. The van der Waals surface area contributed by atoms with Crippen molar-refractivity contribution >= 4 is 29.9 Å². The second kappa shape index (κ2) is 9.40. The molecule has 5 nitrogen and oxygen atoms in total. The van der Waals surface area contributed by atoms with E-state index in [1.807, 2.05) is 29.2 Å². The Hall–Kier alpha value is -1.75. The van der Waals surface area contributed by atoms with Gasteiger partial charge in [-0.05, 0) is 44.2 Å². The number of anilines is 1. The van der Waals surface area contributed by atoms with Crippen molar-refractivity contribution < 1.29 is 9.59 Å². The third-order valence-electron chi connectivity index (χ3n) is 4.09. The molecule has 1 saturated heterocycles. The van der Waals surface area contributed by atoms with E-state index in [4.69, 9.17) is 5.73 Å². The molecule has 1 fully saturated rings. The van der Waals surface area contributed by atoms with Gasteiger partial charge in [0, 0.05) is 25.2 Å². The minimum absolute atomic E-state index is 0. The Balaban J connectivity index is 0.00000264. The summed E-state index contributed by atoms with van der Waals surface area (Å²) in [5, 5.41) is 2.80. The number of rotatable bonds is 5. The highest BCUT2D eigenvalue weighted by Crippen LogP contribution is 2.13. The van der Waals surface area contributed by atoms with Crippen LogP contribution >= 0.6 is 12.4 Å². The van der Waals surface area contributed by atoms with Gasteiger partial charge in [-0.2, -0.15) is 0 Å². The van der Waals surface area contributed by atoms with Gasteiger partial charge in [0.1, 0.15) is 6.04 Å². The monoisotopic (exact) mass is 339 g/mol. The summed E-state index contributed by atoms with van der Waals surface area (Å²) in [5.74, 6) is -0.0895. The van der Waals surface area contributed by atoms with E-state index >= 15 is 0 Å². The molecular weight excluding hydrogens is 314 g/mol. The van der Waals surface area contributed by atoms with Crippen LogP contribution in [0.5, 0.6) is 0 Å². The van der Waals surface area contributed by atoms with E-state index in [0.29, 0.717) is 18.5 Å². The minimum atomic E-state index is -0.460. The van der Waals surface area contributed by atoms with E-state index in [9.17, 15) is 9.59 Å². The Morgan fingerprint density at radius 1 is 1.22 bits per heavy atom. The highest BCUT2D eigenvalue weighted by Gasteiger charge is 2.23. The minimum Gasteiger partial charge on any atom is -0.399 e. The van der Waals surface area contributed by atoms with Crippen LogP contribution in [0, 0.1) is 0 Å². The number of nitrogen functional groups attached to an aromatic ring is 1. The zero-order valence-electron chi connectivity index (χ0n) is 13.6. The molecule has 0 radical (unpaired) electrons. The van der Waals surface area contributed by atoms with Crippen molar-refractivity contribution in [2.45, 2.75) is 45.1 Å². The Bertz CT molecular complexity index is 530. The average Bonchev–Trinajstić information content (AvgIpc) is 2.54. The number of nitrogens with one attached hydrogen (secondary N) is 1. The first kappa shape index (κ1) is 19.3. The zero-order chi connectivity index (χ0) is 15.9. The van der Waals surface area contributed by atoms with Gasteiger partial charge in [0.05, 0.1) is 0 Å². The quantitative estimate of drug-likeness (QED) is 0.807. The molecule has 2 rings (SSSR count). The molecule has 1 aliphatic heterocycles. The van der Waals surface area contributed by atoms with Crippen LogP contribution in [0.2, 0.25) is 0 Å². The predicted octanol–water partition coefficient (Wildman–Crippen LogP) is 2.14.